The molecule has 0 radical (unpaired) electrons. The molecule has 3 aliphatic heterocycles. The summed E-state index contributed by atoms with van der Waals surface area (Å²) in [4.78, 5) is 15.0. The summed E-state index contributed by atoms with van der Waals surface area (Å²) in [7, 11) is 2.13. The van der Waals surface area contributed by atoms with E-state index in [1.807, 2.05) is 0 Å². The van der Waals surface area contributed by atoms with Crippen LogP contribution in [-0.4, -0.2) is 61.8 Å². The molecule has 0 aromatic carbocycles. The second kappa shape index (κ2) is 7.67. The van der Waals surface area contributed by atoms with E-state index in [0.29, 0.717) is 24.7 Å². The van der Waals surface area contributed by atoms with Gasteiger partial charge in [0.2, 0.25) is 12.3 Å². The number of nitrogens with zero attached hydrogens (tertiary/aromatic N) is 1. The second-order valence-corrected chi connectivity index (χ2v) is 8.59. The van der Waals surface area contributed by atoms with Gasteiger partial charge in [0.1, 0.15) is 12.4 Å². The zero-order valence-electron chi connectivity index (χ0n) is 15.7. The van der Waals surface area contributed by atoms with Crippen molar-refractivity contribution in [1.82, 2.24) is 26.4 Å². The third kappa shape index (κ3) is 3.75. The van der Waals surface area contributed by atoms with Crippen LogP contribution in [-0.2, 0) is 9.53 Å². The molecule has 4 aliphatic rings. The summed E-state index contributed by atoms with van der Waals surface area (Å²) in [5, 5.41) is 6.27. The summed E-state index contributed by atoms with van der Waals surface area (Å²) in [5.41, 5.74) is 6.20. The summed E-state index contributed by atoms with van der Waals surface area (Å²) >= 11 is 0. The molecule has 148 valence electrons. The Morgan fingerprint density at radius 3 is 2.69 bits per heavy atom. The Balaban J connectivity index is 1.27. The van der Waals surface area contributed by atoms with Crippen molar-refractivity contribution >= 4 is 5.91 Å². The van der Waals surface area contributed by atoms with Gasteiger partial charge in [0.05, 0.1) is 6.04 Å². The SMILES string of the molecule is CC1CCC(F)C2CC(C(=O)NC3NNC(C4CCN(C)CC4)O3)NC12. The van der Waals surface area contributed by atoms with Gasteiger partial charge in [0, 0.05) is 17.9 Å². The Kier molecular flexibility index (Phi) is 5.48. The lowest BCUT2D eigenvalue weighted by Crippen LogP contribution is -2.52. The molecule has 0 spiro atoms. The third-order valence-electron chi connectivity index (χ3n) is 6.76. The Morgan fingerprint density at radius 1 is 1.19 bits per heavy atom. The van der Waals surface area contributed by atoms with Gasteiger partial charge < -0.3 is 20.3 Å². The standard InChI is InChI=1S/C18H32FN5O2/c1-10-3-4-13(19)12-9-14(20-15(10)12)16(25)21-18-23-22-17(26-18)11-5-7-24(2)8-6-11/h10-15,17-18,20,22-23H,3-9H2,1-2H3,(H,21,25). The summed E-state index contributed by atoms with van der Waals surface area (Å²) in [6.07, 6.45) is 2.84. The zero-order valence-corrected chi connectivity index (χ0v) is 15.7. The van der Waals surface area contributed by atoms with Crippen molar-refractivity contribution in [2.45, 2.75) is 69.9 Å². The van der Waals surface area contributed by atoms with E-state index in [-0.39, 0.29) is 30.1 Å². The minimum Gasteiger partial charge on any atom is -0.324 e. The first-order chi connectivity index (χ1) is 12.5. The van der Waals surface area contributed by atoms with Crippen LogP contribution in [0.3, 0.4) is 0 Å². The molecule has 7 unspecified atom stereocenters. The minimum absolute atomic E-state index is 0.0444. The van der Waals surface area contributed by atoms with Crippen LogP contribution in [0.1, 0.15) is 39.0 Å². The lowest BCUT2D eigenvalue weighted by atomic mass is 9.77. The van der Waals surface area contributed by atoms with Gasteiger partial charge in [0.15, 0.2) is 0 Å². The van der Waals surface area contributed by atoms with Gasteiger partial charge in [-0.3, -0.25) is 4.79 Å². The summed E-state index contributed by atoms with van der Waals surface area (Å²) in [6.45, 7) is 4.29. The number of piperidine rings is 1. The van der Waals surface area contributed by atoms with E-state index in [0.717, 1.165) is 32.4 Å². The molecule has 4 rings (SSSR count). The van der Waals surface area contributed by atoms with Gasteiger partial charge in [0.25, 0.3) is 0 Å². The predicted molar refractivity (Wildman–Crippen MR) is 95.4 cm³/mol. The van der Waals surface area contributed by atoms with Crippen molar-refractivity contribution in [2.75, 3.05) is 20.1 Å². The van der Waals surface area contributed by atoms with E-state index in [2.05, 4.69) is 40.4 Å². The first kappa shape index (κ1) is 18.6. The van der Waals surface area contributed by atoms with E-state index < -0.39 is 12.5 Å². The number of hydrogen-bond donors (Lipinski definition) is 4. The van der Waals surface area contributed by atoms with Crippen LogP contribution >= 0.6 is 0 Å². The van der Waals surface area contributed by atoms with Crippen LogP contribution in [0.4, 0.5) is 4.39 Å². The van der Waals surface area contributed by atoms with Crippen molar-refractivity contribution in [1.29, 1.82) is 0 Å². The number of halogens is 1. The lowest BCUT2D eigenvalue weighted by Gasteiger charge is -2.33. The molecule has 26 heavy (non-hydrogen) atoms. The summed E-state index contributed by atoms with van der Waals surface area (Å²) in [5.74, 6) is 0.710. The molecular weight excluding hydrogens is 337 g/mol. The monoisotopic (exact) mass is 369 g/mol. The lowest BCUT2D eigenvalue weighted by molar-refractivity contribution is -0.128. The van der Waals surface area contributed by atoms with Crippen molar-refractivity contribution < 1.29 is 13.9 Å². The van der Waals surface area contributed by atoms with Crippen LogP contribution in [0.25, 0.3) is 0 Å². The maximum Gasteiger partial charge on any atom is 0.240 e. The number of hydrogen-bond acceptors (Lipinski definition) is 6. The Bertz CT molecular complexity index is 498. The molecule has 0 aromatic rings. The smallest absolute Gasteiger partial charge is 0.240 e. The van der Waals surface area contributed by atoms with Gasteiger partial charge in [-0.05, 0) is 58.2 Å². The highest BCUT2D eigenvalue weighted by atomic mass is 19.1. The molecule has 3 saturated heterocycles. The highest BCUT2D eigenvalue weighted by Gasteiger charge is 2.46. The largest absolute Gasteiger partial charge is 0.324 e. The highest BCUT2D eigenvalue weighted by molar-refractivity contribution is 5.82. The van der Waals surface area contributed by atoms with Gasteiger partial charge in [-0.1, -0.05) is 6.92 Å². The molecule has 1 saturated carbocycles. The Labute approximate surface area is 154 Å². The van der Waals surface area contributed by atoms with E-state index in [9.17, 15) is 9.18 Å². The molecular formula is C18H32FN5O2. The molecule has 1 aliphatic carbocycles. The van der Waals surface area contributed by atoms with E-state index in [1.165, 1.54) is 0 Å². The maximum atomic E-state index is 14.2. The number of fused-ring (bicyclic) bond motifs is 1. The molecule has 8 heteroatoms. The second-order valence-electron chi connectivity index (χ2n) is 8.59. The van der Waals surface area contributed by atoms with Crippen LogP contribution in [0, 0.1) is 17.8 Å². The molecule has 7 atom stereocenters. The molecule has 1 amide bonds. The van der Waals surface area contributed by atoms with Gasteiger partial charge >= 0.3 is 0 Å². The number of hydrazine groups is 1. The third-order valence-corrected chi connectivity index (χ3v) is 6.76. The fourth-order valence-corrected chi connectivity index (χ4v) is 5.03. The summed E-state index contributed by atoms with van der Waals surface area (Å²) < 4.78 is 20.2. The predicted octanol–water partition coefficient (Wildman–Crippen LogP) is 0.293. The van der Waals surface area contributed by atoms with Crippen molar-refractivity contribution in [3.63, 3.8) is 0 Å². The van der Waals surface area contributed by atoms with Crippen molar-refractivity contribution in [2.24, 2.45) is 17.8 Å². The van der Waals surface area contributed by atoms with Gasteiger partial charge in [-0.15, -0.1) is 0 Å². The highest BCUT2D eigenvalue weighted by Crippen LogP contribution is 2.38. The van der Waals surface area contributed by atoms with Crippen LogP contribution < -0.4 is 21.5 Å². The zero-order chi connectivity index (χ0) is 18.3. The average Bonchev–Trinajstić information content (AvgIpc) is 3.27. The Morgan fingerprint density at radius 2 is 1.96 bits per heavy atom. The number of amides is 1. The van der Waals surface area contributed by atoms with Crippen LogP contribution in [0.2, 0.25) is 0 Å². The Hall–Kier alpha value is -0.800. The maximum absolute atomic E-state index is 14.2. The van der Waals surface area contributed by atoms with E-state index in [1.54, 1.807) is 0 Å². The number of likely N-dealkylation sites (tertiary alicyclic amines) is 1. The number of rotatable bonds is 3. The molecule has 0 aromatic heterocycles. The average molecular weight is 369 g/mol. The fraction of sp³-hybridized carbons (Fsp3) is 0.944. The normalized spacial score (nSPS) is 44.8. The molecule has 7 nitrogen and oxygen atoms in total. The molecule has 0 bridgehead atoms. The number of carbonyl (C=O) groups excluding carboxylic acids is 1. The fourth-order valence-electron chi connectivity index (χ4n) is 5.03. The van der Waals surface area contributed by atoms with E-state index in [4.69, 9.17) is 4.74 Å². The van der Waals surface area contributed by atoms with Crippen molar-refractivity contribution in [3.8, 4) is 0 Å². The summed E-state index contributed by atoms with van der Waals surface area (Å²) in [6, 6.07) is -0.228. The number of ether oxygens (including phenoxy) is 1. The minimum atomic E-state index is -0.794. The number of alkyl halides is 1. The first-order valence-electron chi connectivity index (χ1n) is 10.1. The van der Waals surface area contributed by atoms with Gasteiger partial charge in [-0.2, -0.15) is 0 Å². The quantitative estimate of drug-likeness (QED) is 0.573. The number of nitrogens with one attached hydrogen (secondary N) is 4. The van der Waals surface area contributed by atoms with Crippen LogP contribution in [0.15, 0.2) is 0 Å². The number of carbonyl (C=O) groups is 1. The van der Waals surface area contributed by atoms with E-state index >= 15 is 0 Å². The molecule has 4 fully saturated rings. The molecule has 4 N–H and O–H groups in total. The van der Waals surface area contributed by atoms with Crippen LogP contribution in [0.5, 0.6) is 0 Å². The topological polar surface area (TPSA) is 77.7 Å². The van der Waals surface area contributed by atoms with Crippen molar-refractivity contribution in [3.05, 3.63) is 0 Å². The van der Waals surface area contributed by atoms with Gasteiger partial charge in [-0.25, -0.2) is 15.2 Å². The first-order valence-corrected chi connectivity index (χ1v) is 10.1. The molecule has 3 heterocycles.